The van der Waals surface area contributed by atoms with Crippen molar-refractivity contribution in [2.45, 2.75) is 13.0 Å². The lowest BCUT2D eigenvalue weighted by molar-refractivity contribution is -0.116. The fourth-order valence-corrected chi connectivity index (χ4v) is 3.68. The highest BCUT2D eigenvalue weighted by Gasteiger charge is 2.05. The van der Waals surface area contributed by atoms with E-state index in [-0.39, 0.29) is 11.8 Å². The van der Waals surface area contributed by atoms with Crippen LogP contribution in [0.5, 0.6) is 0 Å². The van der Waals surface area contributed by atoms with E-state index in [0.717, 1.165) is 28.7 Å². The Morgan fingerprint density at radius 3 is 1.94 bits per heavy atom. The summed E-state index contributed by atoms with van der Waals surface area (Å²) in [4.78, 5) is 24.6. The highest BCUT2D eigenvalue weighted by Crippen LogP contribution is 2.19. The summed E-state index contributed by atoms with van der Waals surface area (Å²) in [5, 5.41) is 5.83. The van der Waals surface area contributed by atoms with Gasteiger partial charge in [-0.2, -0.15) is 0 Å². The first-order chi connectivity index (χ1) is 17.2. The molecule has 0 aliphatic carbocycles. The molecule has 2 N–H and O–H groups in total. The van der Waals surface area contributed by atoms with Crippen molar-refractivity contribution in [3.8, 4) is 11.1 Å². The lowest BCUT2D eigenvalue weighted by atomic mass is 10.0. The van der Waals surface area contributed by atoms with E-state index in [9.17, 15) is 9.59 Å². The Kier molecular flexibility index (Phi) is 8.23. The molecule has 4 nitrogen and oxygen atoms in total. The molecule has 174 valence electrons. The Bertz CT molecular complexity index is 1260. The second-order valence-electron chi connectivity index (χ2n) is 8.23. The molecule has 0 aromatic heterocycles. The van der Waals surface area contributed by atoms with E-state index in [1.54, 1.807) is 18.2 Å². The lowest BCUT2D eigenvalue weighted by Gasteiger charge is -2.07. The first kappa shape index (κ1) is 23.7. The molecule has 0 heterocycles. The Hall–Kier alpha value is -4.44. The molecular weight excluding hydrogens is 432 g/mol. The topological polar surface area (TPSA) is 58.2 Å². The normalized spacial score (nSPS) is 10.7. The monoisotopic (exact) mass is 460 g/mol. The number of carbonyl (C=O) groups excluding carboxylic acids is 2. The minimum Gasteiger partial charge on any atom is -0.352 e. The third kappa shape index (κ3) is 7.27. The molecule has 0 unspecified atom stereocenters. The van der Waals surface area contributed by atoms with Crippen LogP contribution in [0, 0.1) is 0 Å². The maximum Gasteiger partial charge on any atom is 0.251 e. The Morgan fingerprint density at radius 1 is 0.629 bits per heavy atom. The zero-order chi connectivity index (χ0) is 24.3. The van der Waals surface area contributed by atoms with Gasteiger partial charge >= 0.3 is 0 Å². The molecule has 4 heteroatoms. The van der Waals surface area contributed by atoms with Crippen molar-refractivity contribution >= 4 is 17.9 Å². The minimum absolute atomic E-state index is 0.0993. The number of carbonyl (C=O) groups is 2. The highest BCUT2D eigenvalue weighted by atomic mass is 16.2. The SMILES string of the molecule is O=C(C=Cc1ccc(-c2ccccc2)cc1)NCc1ccc(C(=O)NCCc2ccccc2)cc1. The molecule has 0 radical (unpaired) electrons. The number of benzene rings is 4. The molecule has 0 atom stereocenters. The van der Waals surface area contributed by atoms with Crippen LogP contribution in [-0.2, 0) is 17.8 Å². The van der Waals surface area contributed by atoms with Gasteiger partial charge in [0, 0.05) is 24.7 Å². The summed E-state index contributed by atoms with van der Waals surface area (Å²) >= 11 is 0. The predicted octanol–water partition coefficient (Wildman–Crippen LogP) is 5.66. The largest absolute Gasteiger partial charge is 0.352 e. The minimum atomic E-state index is -0.167. The van der Waals surface area contributed by atoms with Gasteiger partial charge < -0.3 is 10.6 Å². The fraction of sp³-hybridized carbons (Fsp3) is 0.0968. The third-order valence-corrected chi connectivity index (χ3v) is 5.67. The van der Waals surface area contributed by atoms with Crippen LogP contribution in [0.25, 0.3) is 17.2 Å². The highest BCUT2D eigenvalue weighted by molar-refractivity contribution is 5.94. The molecule has 0 spiro atoms. The van der Waals surface area contributed by atoms with Gasteiger partial charge in [0.15, 0.2) is 0 Å². The van der Waals surface area contributed by atoms with E-state index in [1.807, 2.05) is 84.9 Å². The Labute approximate surface area is 206 Å². The second kappa shape index (κ2) is 12.1. The summed E-state index contributed by atoms with van der Waals surface area (Å²) in [6.45, 7) is 0.980. The van der Waals surface area contributed by atoms with E-state index >= 15 is 0 Å². The molecule has 4 aromatic rings. The van der Waals surface area contributed by atoms with E-state index in [2.05, 4.69) is 22.8 Å². The molecule has 0 bridgehead atoms. The van der Waals surface area contributed by atoms with Gasteiger partial charge in [0.25, 0.3) is 5.91 Å². The van der Waals surface area contributed by atoms with Crippen molar-refractivity contribution in [3.05, 3.63) is 138 Å². The molecule has 0 aliphatic heterocycles. The zero-order valence-corrected chi connectivity index (χ0v) is 19.5. The molecule has 0 saturated heterocycles. The first-order valence-electron chi connectivity index (χ1n) is 11.7. The van der Waals surface area contributed by atoms with E-state index in [4.69, 9.17) is 0 Å². The van der Waals surface area contributed by atoms with Gasteiger partial charge in [-0.15, -0.1) is 0 Å². The van der Waals surface area contributed by atoms with Crippen molar-refractivity contribution in [3.63, 3.8) is 0 Å². The van der Waals surface area contributed by atoms with Crippen LogP contribution in [-0.4, -0.2) is 18.4 Å². The molecule has 2 amide bonds. The third-order valence-electron chi connectivity index (χ3n) is 5.67. The maximum absolute atomic E-state index is 12.3. The van der Waals surface area contributed by atoms with E-state index in [0.29, 0.717) is 18.7 Å². The van der Waals surface area contributed by atoms with Crippen molar-refractivity contribution in [1.82, 2.24) is 10.6 Å². The van der Waals surface area contributed by atoms with Gasteiger partial charge in [-0.3, -0.25) is 9.59 Å². The van der Waals surface area contributed by atoms with Crippen molar-refractivity contribution in [2.75, 3.05) is 6.54 Å². The summed E-state index contributed by atoms with van der Waals surface area (Å²) in [7, 11) is 0. The van der Waals surface area contributed by atoms with Gasteiger partial charge in [0.2, 0.25) is 5.91 Å². The maximum atomic E-state index is 12.3. The fourth-order valence-electron chi connectivity index (χ4n) is 3.68. The van der Waals surface area contributed by atoms with Crippen LogP contribution in [0.1, 0.15) is 27.0 Å². The smallest absolute Gasteiger partial charge is 0.251 e. The van der Waals surface area contributed by atoms with E-state index < -0.39 is 0 Å². The van der Waals surface area contributed by atoms with Gasteiger partial charge in [0.1, 0.15) is 0 Å². The molecule has 4 rings (SSSR count). The van der Waals surface area contributed by atoms with Crippen LogP contribution >= 0.6 is 0 Å². The predicted molar refractivity (Wildman–Crippen MR) is 142 cm³/mol. The molecule has 4 aromatic carbocycles. The van der Waals surface area contributed by atoms with E-state index in [1.165, 1.54) is 11.6 Å². The standard InChI is InChI=1S/C31H28N2O2/c34-30(20-15-25-11-16-28(17-12-25)27-9-5-2-6-10-27)33-23-26-13-18-29(19-14-26)31(35)32-22-21-24-7-3-1-4-8-24/h1-20H,21-23H2,(H,32,35)(H,33,34). The molecular formula is C31H28N2O2. The summed E-state index contributed by atoms with van der Waals surface area (Å²) in [6, 6.07) is 35.6. The Morgan fingerprint density at radius 2 is 1.26 bits per heavy atom. The van der Waals surface area contributed by atoms with Gasteiger partial charge in [-0.05, 0) is 52.4 Å². The van der Waals surface area contributed by atoms with Crippen LogP contribution < -0.4 is 10.6 Å². The Balaban J connectivity index is 1.21. The van der Waals surface area contributed by atoms with Crippen LogP contribution in [0.2, 0.25) is 0 Å². The average Bonchev–Trinajstić information content (AvgIpc) is 2.92. The lowest BCUT2D eigenvalue weighted by Crippen LogP contribution is -2.25. The molecule has 0 saturated carbocycles. The van der Waals surface area contributed by atoms with Crippen molar-refractivity contribution in [1.29, 1.82) is 0 Å². The number of nitrogens with one attached hydrogen (secondary N) is 2. The van der Waals surface area contributed by atoms with Gasteiger partial charge in [-0.1, -0.05) is 97.1 Å². The van der Waals surface area contributed by atoms with Crippen LogP contribution in [0.15, 0.2) is 115 Å². The summed E-state index contributed by atoms with van der Waals surface area (Å²) in [5.41, 5.74) is 5.99. The van der Waals surface area contributed by atoms with Crippen LogP contribution in [0.4, 0.5) is 0 Å². The average molecular weight is 461 g/mol. The molecule has 35 heavy (non-hydrogen) atoms. The first-order valence-corrected chi connectivity index (χ1v) is 11.7. The van der Waals surface area contributed by atoms with Crippen LogP contribution in [0.3, 0.4) is 0 Å². The summed E-state index contributed by atoms with van der Waals surface area (Å²) < 4.78 is 0. The second-order valence-corrected chi connectivity index (χ2v) is 8.23. The number of rotatable bonds is 9. The number of hydrogen-bond acceptors (Lipinski definition) is 2. The van der Waals surface area contributed by atoms with Crippen molar-refractivity contribution in [2.24, 2.45) is 0 Å². The summed E-state index contributed by atoms with van der Waals surface area (Å²) in [5.74, 6) is -0.266. The summed E-state index contributed by atoms with van der Waals surface area (Å²) in [6.07, 6.45) is 4.13. The number of amides is 2. The molecule has 0 fully saturated rings. The van der Waals surface area contributed by atoms with Gasteiger partial charge in [0.05, 0.1) is 0 Å². The zero-order valence-electron chi connectivity index (χ0n) is 19.5. The number of hydrogen-bond donors (Lipinski definition) is 2. The quantitative estimate of drug-likeness (QED) is 0.317. The van der Waals surface area contributed by atoms with Crippen molar-refractivity contribution < 1.29 is 9.59 Å². The molecule has 0 aliphatic rings. The van der Waals surface area contributed by atoms with Gasteiger partial charge in [-0.25, -0.2) is 0 Å².